The van der Waals surface area contributed by atoms with Crippen LogP contribution in [0.5, 0.6) is 0 Å². The van der Waals surface area contributed by atoms with Gasteiger partial charge >= 0.3 is 6.03 Å². The van der Waals surface area contributed by atoms with E-state index >= 15 is 0 Å². The van der Waals surface area contributed by atoms with Gasteiger partial charge in [0.15, 0.2) is 11.3 Å². The SMILES string of the molecule is Cc1cc(CN2C(=O)N[C@](C)(c3cc4ccccc4o3)C2=O)on1. The van der Waals surface area contributed by atoms with E-state index in [2.05, 4.69) is 10.5 Å². The van der Waals surface area contributed by atoms with Crippen LogP contribution >= 0.6 is 0 Å². The standard InChI is InChI=1S/C17H15N3O4/c1-10-7-12(24-19-10)9-20-15(21)17(2,18-16(20)22)14-8-11-5-3-4-6-13(11)23-14/h3-8H,9H2,1-2H3,(H,18,22)/t17-/m1/s1. The Kier molecular flexibility index (Phi) is 2.99. The van der Waals surface area contributed by atoms with E-state index in [-0.39, 0.29) is 12.5 Å². The zero-order chi connectivity index (χ0) is 16.9. The predicted molar refractivity (Wildman–Crippen MR) is 83.9 cm³/mol. The topological polar surface area (TPSA) is 88.6 Å². The van der Waals surface area contributed by atoms with Crippen LogP contribution in [0.2, 0.25) is 0 Å². The Labute approximate surface area is 137 Å². The quantitative estimate of drug-likeness (QED) is 0.748. The minimum absolute atomic E-state index is 0.0291. The Balaban J connectivity index is 1.68. The summed E-state index contributed by atoms with van der Waals surface area (Å²) in [4.78, 5) is 26.2. The molecule has 0 saturated carbocycles. The number of nitrogens with zero attached hydrogens (tertiary/aromatic N) is 2. The molecular formula is C17H15N3O4. The summed E-state index contributed by atoms with van der Waals surface area (Å²) >= 11 is 0. The molecule has 1 saturated heterocycles. The second kappa shape index (κ2) is 4.95. The number of para-hydroxylation sites is 1. The highest BCUT2D eigenvalue weighted by Gasteiger charge is 2.51. The van der Waals surface area contributed by atoms with Gasteiger partial charge in [0, 0.05) is 11.5 Å². The highest BCUT2D eigenvalue weighted by molar-refractivity contribution is 6.07. The molecule has 1 aliphatic heterocycles. The fourth-order valence-corrected chi connectivity index (χ4v) is 2.88. The molecule has 3 heterocycles. The lowest BCUT2D eigenvalue weighted by molar-refractivity contribution is -0.132. The number of carbonyl (C=O) groups is 2. The van der Waals surface area contributed by atoms with Crippen molar-refractivity contribution < 1.29 is 18.5 Å². The molecular weight excluding hydrogens is 310 g/mol. The van der Waals surface area contributed by atoms with Gasteiger partial charge in [-0.2, -0.15) is 0 Å². The van der Waals surface area contributed by atoms with Crippen LogP contribution in [0.1, 0.15) is 24.1 Å². The number of aryl methyl sites for hydroxylation is 1. The maximum Gasteiger partial charge on any atom is 0.325 e. The molecule has 0 unspecified atom stereocenters. The Bertz CT molecular complexity index is 925. The Hall–Kier alpha value is -3.09. The van der Waals surface area contributed by atoms with Crippen LogP contribution in [0, 0.1) is 6.92 Å². The molecule has 3 amide bonds. The summed E-state index contributed by atoms with van der Waals surface area (Å²) in [6, 6.07) is 10.4. The molecule has 1 aliphatic rings. The van der Waals surface area contributed by atoms with Crippen LogP contribution < -0.4 is 5.32 Å². The van der Waals surface area contributed by atoms with Crippen LogP contribution in [0.3, 0.4) is 0 Å². The van der Waals surface area contributed by atoms with Gasteiger partial charge < -0.3 is 14.3 Å². The van der Waals surface area contributed by atoms with Crippen LogP contribution in [-0.4, -0.2) is 22.0 Å². The summed E-state index contributed by atoms with van der Waals surface area (Å²) in [5, 5.41) is 7.36. The van der Waals surface area contributed by atoms with Crippen molar-refractivity contribution in [3.05, 3.63) is 53.6 Å². The highest BCUT2D eigenvalue weighted by atomic mass is 16.5. The molecule has 24 heavy (non-hydrogen) atoms. The molecule has 4 rings (SSSR count). The fourth-order valence-electron chi connectivity index (χ4n) is 2.88. The number of carbonyl (C=O) groups excluding carboxylic acids is 2. The van der Waals surface area contributed by atoms with E-state index in [1.807, 2.05) is 24.3 Å². The largest absolute Gasteiger partial charge is 0.458 e. The number of hydrogen-bond acceptors (Lipinski definition) is 5. The van der Waals surface area contributed by atoms with E-state index in [0.717, 1.165) is 10.3 Å². The molecule has 0 bridgehead atoms. The smallest absolute Gasteiger partial charge is 0.325 e. The number of furan rings is 1. The number of amides is 3. The van der Waals surface area contributed by atoms with Crippen LogP contribution in [-0.2, 0) is 16.9 Å². The van der Waals surface area contributed by atoms with Crippen molar-refractivity contribution in [1.29, 1.82) is 0 Å². The van der Waals surface area contributed by atoms with Gasteiger partial charge in [-0.15, -0.1) is 0 Å². The molecule has 1 N–H and O–H groups in total. The number of urea groups is 1. The molecule has 0 radical (unpaired) electrons. The minimum atomic E-state index is -1.24. The number of hydrogen-bond donors (Lipinski definition) is 1. The summed E-state index contributed by atoms with van der Waals surface area (Å²) in [5.74, 6) is 0.462. The summed E-state index contributed by atoms with van der Waals surface area (Å²) in [6.07, 6.45) is 0. The molecule has 7 nitrogen and oxygen atoms in total. The van der Waals surface area contributed by atoms with Crippen molar-refractivity contribution in [2.24, 2.45) is 0 Å². The van der Waals surface area contributed by atoms with E-state index in [1.165, 1.54) is 0 Å². The molecule has 1 atom stereocenters. The highest BCUT2D eigenvalue weighted by Crippen LogP contribution is 2.33. The minimum Gasteiger partial charge on any atom is -0.458 e. The van der Waals surface area contributed by atoms with E-state index < -0.39 is 11.6 Å². The summed E-state index contributed by atoms with van der Waals surface area (Å²) < 4.78 is 10.9. The molecule has 0 aliphatic carbocycles. The summed E-state index contributed by atoms with van der Waals surface area (Å²) in [6.45, 7) is 3.44. The van der Waals surface area contributed by atoms with Gasteiger partial charge in [-0.1, -0.05) is 23.4 Å². The van der Waals surface area contributed by atoms with Crippen LogP contribution in [0.4, 0.5) is 4.79 Å². The first kappa shape index (κ1) is 14.5. The zero-order valence-electron chi connectivity index (χ0n) is 13.2. The van der Waals surface area contributed by atoms with Crippen molar-refractivity contribution in [3.8, 4) is 0 Å². The zero-order valence-corrected chi connectivity index (χ0v) is 13.2. The lowest BCUT2D eigenvalue weighted by Gasteiger charge is -2.18. The van der Waals surface area contributed by atoms with Crippen molar-refractivity contribution in [2.45, 2.75) is 25.9 Å². The van der Waals surface area contributed by atoms with Gasteiger partial charge in [-0.3, -0.25) is 9.69 Å². The molecule has 1 aromatic carbocycles. The molecule has 1 fully saturated rings. The Morgan fingerprint density at radius 3 is 2.75 bits per heavy atom. The summed E-state index contributed by atoms with van der Waals surface area (Å²) in [7, 11) is 0. The molecule has 122 valence electrons. The molecule has 2 aromatic heterocycles. The van der Waals surface area contributed by atoms with Gasteiger partial charge in [0.25, 0.3) is 5.91 Å². The number of fused-ring (bicyclic) bond motifs is 1. The average molecular weight is 325 g/mol. The first-order valence-corrected chi connectivity index (χ1v) is 7.53. The predicted octanol–water partition coefficient (Wildman–Crippen LogP) is 2.70. The van der Waals surface area contributed by atoms with E-state index in [1.54, 1.807) is 26.0 Å². The third-order valence-corrected chi connectivity index (χ3v) is 4.18. The fraction of sp³-hybridized carbons (Fsp3) is 0.235. The Morgan fingerprint density at radius 2 is 2.04 bits per heavy atom. The van der Waals surface area contributed by atoms with Gasteiger partial charge in [0.1, 0.15) is 11.3 Å². The van der Waals surface area contributed by atoms with Crippen LogP contribution in [0.15, 0.2) is 45.3 Å². The molecule has 7 heteroatoms. The first-order chi connectivity index (χ1) is 11.5. The van der Waals surface area contributed by atoms with Crippen molar-refractivity contribution in [1.82, 2.24) is 15.4 Å². The summed E-state index contributed by atoms with van der Waals surface area (Å²) in [5.41, 5.74) is 0.114. The van der Waals surface area contributed by atoms with Crippen molar-refractivity contribution in [3.63, 3.8) is 0 Å². The van der Waals surface area contributed by atoms with Gasteiger partial charge in [0.2, 0.25) is 0 Å². The number of nitrogens with one attached hydrogen (secondary N) is 1. The lowest BCUT2D eigenvalue weighted by atomic mass is 9.99. The van der Waals surface area contributed by atoms with E-state index in [9.17, 15) is 9.59 Å². The average Bonchev–Trinajstić information content (AvgIpc) is 3.22. The van der Waals surface area contributed by atoms with E-state index in [0.29, 0.717) is 22.8 Å². The second-order valence-electron chi connectivity index (χ2n) is 6.03. The second-order valence-corrected chi connectivity index (χ2v) is 6.03. The maximum absolute atomic E-state index is 12.8. The molecule has 0 spiro atoms. The number of imide groups is 1. The first-order valence-electron chi connectivity index (χ1n) is 7.53. The number of rotatable bonds is 3. The van der Waals surface area contributed by atoms with Gasteiger partial charge in [-0.05, 0) is 26.0 Å². The normalized spacial score (nSPS) is 20.8. The third-order valence-electron chi connectivity index (χ3n) is 4.18. The van der Waals surface area contributed by atoms with Gasteiger partial charge in [0.05, 0.1) is 12.2 Å². The van der Waals surface area contributed by atoms with Gasteiger partial charge in [-0.25, -0.2) is 4.79 Å². The van der Waals surface area contributed by atoms with Crippen molar-refractivity contribution in [2.75, 3.05) is 0 Å². The Morgan fingerprint density at radius 1 is 1.25 bits per heavy atom. The molecule has 3 aromatic rings. The number of benzene rings is 1. The third kappa shape index (κ3) is 2.09. The monoisotopic (exact) mass is 325 g/mol. The van der Waals surface area contributed by atoms with Crippen LogP contribution in [0.25, 0.3) is 11.0 Å². The van der Waals surface area contributed by atoms with E-state index in [4.69, 9.17) is 8.94 Å². The maximum atomic E-state index is 12.8. The number of aromatic nitrogens is 1. The van der Waals surface area contributed by atoms with Crippen molar-refractivity contribution >= 4 is 22.9 Å². The lowest BCUT2D eigenvalue weighted by Crippen LogP contribution is -2.40.